The molecule has 3 heterocycles. The summed E-state index contributed by atoms with van der Waals surface area (Å²) >= 11 is 0. The number of hydrogen-bond acceptors (Lipinski definition) is 6. The Morgan fingerprint density at radius 2 is 1.92 bits per heavy atom. The van der Waals surface area contributed by atoms with Crippen LogP contribution in [0.25, 0.3) is 22.3 Å². The molecule has 4 N–H and O–H groups in total. The number of carbonyl (C=O) groups is 1. The predicted molar refractivity (Wildman–Crippen MR) is 147 cm³/mol. The second-order valence-corrected chi connectivity index (χ2v) is 10.1. The van der Waals surface area contributed by atoms with Gasteiger partial charge in [-0.25, -0.2) is 4.98 Å². The van der Waals surface area contributed by atoms with Gasteiger partial charge in [0.05, 0.1) is 17.9 Å². The molecule has 1 saturated carbocycles. The fourth-order valence-electron chi connectivity index (χ4n) is 5.06. The summed E-state index contributed by atoms with van der Waals surface area (Å²) in [7, 11) is 0. The van der Waals surface area contributed by atoms with Gasteiger partial charge in [-0.3, -0.25) is 9.59 Å². The van der Waals surface area contributed by atoms with Crippen molar-refractivity contribution in [3.8, 4) is 22.8 Å². The Morgan fingerprint density at radius 3 is 2.68 bits per heavy atom. The molecule has 6 rings (SSSR count). The average Bonchev–Trinajstić information content (AvgIpc) is 3.77. The summed E-state index contributed by atoms with van der Waals surface area (Å²) in [5.41, 5.74) is 2.65. The normalized spacial score (nSPS) is 17.3. The van der Waals surface area contributed by atoms with E-state index in [1.165, 1.54) is 0 Å². The number of ether oxygens (including phenoxy) is 1. The van der Waals surface area contributed by atoms with Gasteiger partial charge >= 0.3 is 0 Å². The number of piperidine rings is 1. The number of aromatic amines is 1. The summed E-state index contributed by atoms with van der Waals surface area (Å²) in [5, 5.41) is 17.8. The largest absolute Gasteiger partial charge is 0.507 e. The Kier molecular flexibility index (Phi) is 6.55. The highest BCUT2D eigenvalue weighted by atomic mass is 16.5. The van der Waals surface area contributed by atoms with E-state index < -0.39 is 5.56 Å². The molecule has 1 atom stereocenters. The predicted octanol–water partition coefficient (Wildman–Crippen LogP) is 4.80. The van der Waals surface area contributed by atoms with Crippen LogP contribution in [-0.2, 0) is 0 Å². The number of fused-ring (bicyclic) bond motifs is 1. The molecule has 2 aromatic heterocycles. The first kappa shape index (κ1) is 24.2. The van der Waals surface area contributed by atoms with Gasteiger partial charge in [0.1, 0.15) is 22.8 Å². The third-order valence-electron chi connectivity index (χ3n) is 7.31. The van der Waals surface area contributed by atoms with E-state index >= 15 is 0 Å². The van der Waals surface area contributed by atoms with E-state index in [0.717, 1.165) is 49.7 Å². The van der Waals surface area contributed by atoms with Crippen LogP contribution in [0.2, 0.25) is 0 Å². The number of H-pyrrole nitrogens is 1. The van der Waals surface area contributed by atoms with Crippen LogP contribution < -0.4 is 20.9 Å². The first-order valence-electron chi connectivity index (χ1n) is 13.2. The summed E-state index contributed by atoms with van der Waals surface area (Å²) in [6.45, 7) is 2.35. The number of rotatable bonds is 7. The molecule has 1 aliphatic heterocycles. The number of phenolic OH excluding ortho intramolecular Hbond substituents is 1. The van der Waals surface area contributed by atoms with Crippen LogP contribution in [-0.4, -0.2) is 40.7 Å². The molecule has 8 heteroatoms. The van der Waals surface area contributed by atoms with Crippen molar-refractivity contribution in [2.24, 2.45) is 5.92 Å². The molecule has 38 heavy (non-hydrogen) atoms. The highest BCUT2D eigenvalue weighted by molar-refractivity contribution is 6.05. The second-order valence-electron chi connectivity index (χ2n) is 10.1. The molecule has 8 nitrogen and oxygen atoms in total. The summed E-state index contributed by atoms with van der Waals surface area (Å²) in [5.74, 6) is 1.03. The molecule has 0 spiro atoms. The van der Waals surface area contributed by atoms with Gasteiger partial charge in [-0.1, -0.05) is 24.3 Å². The van der Waals surface area contributed by atoms with E-state index in [4.69, 9.17) is 9.72 Å². The van der Waals surface area contributed by atoms with E-state index in [0.29, 0.717) is 40.7 Å². The van der Waals surface area contributed by atoms with Gasteiger partial charge in [-0.05, 0) is 86.0 Å². The molecule has 1 aliphatic carbocycles. The Morgan fingerprint density at radius 1 is 1.08 bits per heavy atom. The number of pyridine rings is 2. The van der Waals surface area contributed by atoms with Crippen LogP contribution in [0.5, 0.6) is 11.5 Å². The summed E-state index contributed by atoms with van der Waals surface area (Å²) in [6, 6.07) is 17.7. The van der Waals surface area contributed by atoms with Crippen molar-refractivity contribution in [3.05, 3.63) is 82.1 Å². The zero-order valence-electron chi connectivity index (χ0n) is 21.0. The summed E-state index contributed by atoms with van der Waals surface area (Å²) in [4.78, 5) is 33.5. The van der Waals surface area contributed by atoms with Crippen molar-refractivity contribution in [1.29, 1.82) is 0 Å². The molecular formula is C30H30N4O4. The minimum absolute atomic E-state index is 0.0759. The van der Waals surface area contributed by atoms with Crippen molar-refractivity contribution >= 4 is 22.6 Å². The van der Waals surface area contributed by atoms with Crippen molar-refractivity contribution in [1.82, 2.24) is 15.3 Å². The molecule has 2 aliphatic rings. The maximum Gasteiger partial charge on any atom is 0.273 e. The van der Waals surface area contributed by atoms with Crippen LogP contribution >= 0.6 is 0 Å². The van der Waals surface area contributed by atoms with Crippen LogP contribution in [0.4, 0.5) is 5.69 Å². The fraction of sp³-hybridized carbons (Fsp3) is 0.300. The van der Waals surface area contributed by atoms with E-state index in [9.17, 15) is 14.7 Å². The van der Waals surface area contributed by atoms with Gasteiger partial charge in [-0.15, -0.1) is 0 Å². The van der Waals surface area contributed by atoms with Crippen LogP contribution in [0, 0.1) is 5.92 Å². The van der Waals surface area contributed by atoms with E-state index in [1.807, 2.05) is 18.2 Å². The van der Waals surface area contributed by atoms with Crippen molar-refractivity contribution in [2.45, 2.75) is 31.6 Å². The zero-order valence-corrected chi connectivity index (χ0v) is 21.0. The van der Waals surface area contributed by atoms with Crippen LogP contribution in [0.1, 0.15) is 47.5 Å². The molecule has 1 unspecified atom stereocenters. The number of amides is 1. The minimum Gasteiger partial charge on any atom is -0.507 e. The Labute approximate surface area is 220 Å². The van der Waals surface area contributed by atoms with Crippen LogP contribution in [0.15, 0.2) is 65.5 Å². The lowest BCUT2D eigenvalue weighted by molar-refractivity contribution is 0.102. The number of hydrogen-bond donors (Lipinski definition) is 4. The Balaban J connectivity index is 1.46. The SMILES string of the molecule is O=C(Nc1cc2c(C3CCCNC3)cc(-c3c(O)cccc3OCC3CC3)nc2[nH]c1=O)c1ccccc1. The standard InChI is InChI=1S/C30H30N4O4/c35-25-9-4-10-26(38-17-18-11-12-18)27(25)23-14-21(20-8-5-13-31-16-20)22-15-24(30(37)34-28(22)32-23)33-29(36)19-6-2-1-3-7-19/h1-4,6-7,9-10,14-15,18,20,31,35H,5,8,11-13,16-17H2,(H,33,36)(H,32,34,37). The molecule has 1 amide bonds. The average molecular weight is 511 g/mol. The Bertz CT molecular complexity index is 1540. The molecule has 194 valence electrons. The second kappa shape index (κ2) is 10.3. The molecular weight excluding hydrogens is 480 g/mol. The van der Waals surface area contributed by atoms with E-state index in [1.54, 1.807) is 42.5 Å². The minimum atomic E-state index is -0.443. The number of aromatic hydroxyl groups is 1. The molecule has 0 bridgehead atoms. The van der Waals surface area contributed by atoms with E-state index in [2.05, 4.69) is 15.6 Å². The van der Waals surface area contributed by atoms with Crippen molar-refractivity contribution in [3.63, 3.8) is 0 Å². The van der Waals surface area contributed by atoms with Gasteiger partial charge in [0.15, 0.2) is 0 Å². The van der Waals surface area contributed by atoms with Crippen molar-refractivity contribution < 1.29 is 14.6 Å². The molecule has 2 aromatic carbocycles. The van der Waals surface area contributed by atoms with Crippen LogP contribution in [0.3, 0.4) is 0 Å². The molecule has 0 radical (unpaired) electrons. The third kappa shape index (κ3) is 4.99. The fourth-order valence-corrected chi connectivity index (χ4v) is 5.06. The van der Waals surface area contributed by atoms with Gasteiger partial charge in [0.2, 0.25) is 0 Å². The number of aromatic nitrogens is 2. The lowest BCUT2D eigenvalue weighted by Crippen LogP contribution is -2.28. The van der Waals surface area contributed by atoms with Crippen molar-refractivity contribution in [2.75, 3.05) is 25.0 Å². The zero-order chi connectivity index (χ0) is 26.1. The maximum absolute atomic E-state index is 13.1. The highest BCUT2D eigenvalue weighted by Gasteiger charge is 2.25. The number of nitrogens with one attached hydrogen (secondary N) is 3. The lowest BCUT2D eigenvalue weighted by Gasteiger charge is -2.25. The topological polar surface area (TPSA) is 116 Å². The Hall–Kier alpha value is -4.17. The molecule has 1 saturated heterocycles. The number of carbonyl (C=O) groups excluding carboxylic acids is 1. The summed E-state index contributed by atoms with van der Waals surface area (Å²) in [6.07, 6.45) is 4.32. The lowest BCUT2D eigenvalue weighted by atomic mass is 9.88. The quantitative estimate of drug-likeness (QED) is 0.284. The number of nitrogens with zero attached hydrogens (tertiary/aromatic N) is 1. The van der Waals surface area contributed by atoms with Gasteiger partial charge < -0.3 is 25.5 Å². The third-order valence-corrected chi connectivity index (χ3v) is 7.31. The molecule has 4 aromatic rings. The first-order chi connectivity index (χ1) is 18.6. The number of benzene rings is 2. The van der Waals surface area contributed by atoms with Gasteiger partial charge in [0.25, 0.3) is 11.5 Å². The maximum atomic E-state index is 13.1. The highest BCUT2D eigenvalue weighted by Crippen LogP contribution is 2.41. The number of phenols is 1. The van der Waals surface area contributed by atoms with Gasteiger partial charge in [0, 0.05) is 17.5 Å². The monoisotopic (exact) mass is 510 g/mol. The van der Waals surface area contributed by atoms with E-state index in [-0.39, 0.29) is 23.3 Å². The number of anilines is 1. The smallest absolute Gasteiger partial charge is 0.273 e. The summed E-state index contributed by atoms with van der Waals surface area (Å²) < 4.78 is 6.09. The van der Waals surface area contributed by atoms with Gasteiger partial charge in [-0.2, -0.15) is 0 Å². The first-order valence-corrected chi connectivity index (χ1v) is 13.2. The molecule has 2 fully saturated rings.